The van der Waals surface area contributed by atoms with Crippen LogP contribution in [0.3, 0.4) is 0 Å². The number of nitrogens with two attached hydrogens (primary N) is 1. The maximum atomic E-state index is 12.0. The first-order chi connectivity index (χ1) is 11.5. The van der Waals surface area contributed by atoms with E-state index in [0.717, 1.165) is 0 Å². The summed E-state index contributed by atoms with van der Waals surface area (Å²) in [4.78, 5) is 31.9. The van der Waals surface area contributed by atoms with Crippen molar-refractivity contribution >= 4 is 42.1 Å². The molecule has 7 atom stereocenters. The number of amides is 1. The minimum Gasteiger partial charge on any atom is -0.481 e. The number of aliphatic carboxylic acids is 1. The van der Waals surface area contributed by atoms with Crippen LogP contribution in [0.5, 0.6) is 0 Å². The Kier molecular flexibility index (Phi) is 6.60. The maximum absolute atomic E-state index is 12.0. The zero-order valence-corrected chi connectivity index (χ0v) is 15.7. The molecule has 0 aromatic heterocycles. The van der Waals surface area contributed by atoms with Crippen LogP contribution in [0.4, 0.5) is 0 Å². The van der Waals surface area contributed by atoms with E-state index >= 15 is 0 Å². The van der Waals surface area contributed by atoms with E-state index in [9.17, 15) is 29.3 Å². The highest BCUT2D eigenvalue weighted by Crippen LogP contribution is 2.42. The van der Waals surface area contributed by atoms with Crippen LogP contribution < -0.4 is 11.1 Å². The topological polar surface area (TPSA) is 189 Å². The summed E-state index contributed by atoms with van der Waals surface area (Å²) in [5.41, 5.74) is 5.67. The van der Waals surface area contributed by atoms with Crippen molar-refractivity contribution in [2.24, 2.45) is 11.7 Å². The van der Waals surface area contributed by atoms with E-state index in [1.54, 1.807) is 0 Å². The van der Waals surface area contributed by atoms with Crippen molar-refractivity contribution in [1.82, 2.24) is 5.32 Å². The molecule has 0 saturated carbocycles. The molecule has 0 aromatic rings. The van der Waals surface area contributed by atoms with Gasteiger partial charge in [0.15, 0.2) is 0 Å². The first kappa shape index (κ1) is 20.7. The summed E-state index contributed by atoms with van der Waals surface area (Å²) >= 11 is 1.92. The number of ether oxygens (including phenoxy) is 1. The minimum atomic E-state index is -4.41. The van der Waals surface area contributed by atoms with Gasteiger partial charge in [0.2, 0.25) is 5.91 Å². The molecule has 13 heteroatoms. The van der Waals surface area contributed by atoms with Gasteiger partial charge in [-0.2, -0.15) is 0 Å². The van der Waals surface area contributed by atoms with Gasteiger partial charge >= 0.3 is 13.6 Å². The van der Waals surface area contributed by atoms with Crippen molar-refractivity contribution in [2.75, 3.05) is 12.8 Å². The van der Waals surface area contributed by atoms with Crippen LogP contribution in [-0.2, 0) is 23.4 Å². The zero-order valence-electron chi connectivity index (χ0n) is 12.7. The molecule has 1 saturated heterocycles. The van der Waals surface area contributed by atoms with E-state index < -0.39 is 68.7 Å². The number of carbonyl (C=O) groups excluding carboxylic acids is 1. The SMILES string of the molecule is N[C@H]1NC(=O)[C@H]([C@@H]2O[C@H](COP(=O)(O)CC(=O)O)[C@@H](O)[C@@H]2O)C=C1I. The summed E-state index contributed by atoms with van der Waals surface area (Å²) in [6, 6.07) is 0. The summed E-state index contributed by atoms with van der Waals surface area (Å²) in [7, 11) is -4.41. The molecule has 0 aliphatic carbocycles. The number of aliphatic hydroxyl groups excluding tert-OH is 2. The van der Waals surface area contributed by atoms with E-state index in [0.29, 0.717) is 3.58 Å². The molecule has 0 spiro atoms. The Hall–Kier alpha value is -0.600. The molecule has 1 fully saturated rings. The van der Waals surface area contributed by atoms with E-state index in [1.165, 1.54) is 6.08 Å². The molecular weight excluding hydrogens is 474 g/mol. The second-order valence-electron chi connectivity index (χ2n) is 5.67. The molecule has 142 valence electrons. The highest BCUT2D eigenvalue weighted by atomic mass is 127. The third-order valence-electron chi connectivity index (χ3n) is 3.77. The smallest absolute Gasteiger partial charge is 0.339 e. The van der Waals surface area contributed by atoms with Crippen molar-refractivity contribution in [2.45, 2.75) is 30.6 Å². The van der Waals surface area contributed by atoms with Crippen molar-refractivity contribution < 1.29 is 43.6 Å². The lowest BCUT2D eigenvalue weighted by Crippen LogP contribution is -2.52. The maximum Gasteiger partial charge on any atom is 0.339 e. The van der Waals surface area contributed by atoms with Crippen molar-refractivity contribution in [3.8, 4) is 0 Å². The molecule has 7 N–H and O–H groups in total. The fourth-order valence-corrected chi connectivity index (χ4v) is 3.89. The molecule has 2 aliphatic heterocycles. The molecule has 0 aromatic carbocycles. The number of halogens is 1. The Morgan fingerprint density at radius 3 is 2.68 bits per heavy atom. The third-order valence-corrected chi connectivity index (χ3v) is 6.02. The molecule has 2 aliphatic rings. The van der Waals surface area contributed by atoms with Gasteiger partial charge in [-0.15, -0.1) is 0 Å². The lowest BCUT2D eigenvalue weighted by atomic mass is 9.93. The molecule has 25 heavy (non-hydrogen) atoms. The summed E-state index contributed by atoms with van der Waals surface area (Å²) in [5.74, 6) is -2.93. The largest absolute Gasteiger partial charge is 0.481 e. The van der Waals surface area contributed by atoms with E-state index in [1.807, 2.05) is 22.6 Å². The van der Waals surface area contributed by atoms with E-state index in [4.69, 9.17) is 15.6 Å². The summed E-state index contributed by atoms with van der Waals surface area (Å²) in [6.45, 7) is -0.621. The number of carboxylic acids is 1. The standard InChI is InChI=1S/C12H18IN2O9P/c13-5-1-4(12(20)15-11(5)14)10-9(19)8(18)6(24-10)2-23-25(21,22)3-7(16)17/h1,4,6,8-11,18-19H,2-3,14H2,(H,15,20)(H,16,17)(H,21,22)/t4-,6+,8+,9-,10-,11-/m0/s1. The lowest BCUT2D eigenvalue weighted by molar-refractivity contribution is -0.134. The highest BCUT2D eigenvalue weighted by molar-refractivity contribution is 14.1. The Bertz CT molecular complexity index is 630. The number of nitrogens with one attached hydrogen (secondary N) is 1. The predicted octanol–water partition coefficient (Wildman–Crippen LogP) is -1.89. The molecule has 1 unspecified atom stereocenters. The minimum absolute atomic E-state index is 0.496. The van der Waals surface area contributed by atoms with Gasteiger partial charge < -0.3 is 40.5 Å². The molecule has 0 radical (unpaired) electrons. The average Bonchev–Trinajstić information content (AvgIpc) is 2.76. The van der Waals surface area contributed by atoms with Gasteiger partial charge in [0.05, 0.1) is 12.5 Å². The normalized spacial score (nSPS) is 38.0. The fraction of sp³-hybridized carbons (Fsp3) is 0.667. The second kappa shape index (κ2) is 7.96. The lowest BCUT2D eigenvalue weighted by Gasteiger charge is -2.29. The van der Waals surface area contributed by atoms with Crippen LogP contribution in [0.2, 0.25) is 0 Å². The van der Waals surface area contributed by atoms with Gasteiger partial charge in [0.25, 0.3) is 0 Å². The molecule has 2 rings (SSSR count). The van der Waals surface area contributed by atoms with Crippen LogP contribution in [0.25, 0.3) is 0 Å². The number of hydrogen-bond donors (Lipinski definition) is 6. The predicted molar refractivity (Wildman–Crippen MR) is 90.7 cm³/mol. The summed E-state index contributed by atoms with van der Waals surface area (Å²) in [6.07, 6.45) is -5.51. The molecule has 1 amide bonds. The quantitative estimate of drug-likeness (QED) is 0.181. The fourth-order valence-electron chi connectivity index (χ4n) is 2.53. The van der Waals surface area contributed by atoms with Crippen molar-refractivity contribution in [3.05, 3.63) is 9.66 Å². The molecule has 2 heterocycles. The number of carboxylic acid groups (broad SMARTS) is 1. The van der Waals surface area contributed by atoms with Crippen LogP contribution in [-0.4, -0.2) is 75.4 Å². The number of aliphatic hydroxyl groups is 2. The molecule has 11 nitrogen and oxygen atoms in total. The molecular formula is C12H18IN2O9P. The Balaban J connectivity index is 2.04. The van der Waals surface area contributed by atoms with Crippen LogP contribution in [0, 0.1) is 5.92 Å². The summed E-state index contributed by atoms with van der Waals surface area (Å²) in [5, 5.41) is 31.2. The first-order valence-corrected chi connectivity index (χ1v) is 9.99. The zero-order chi connectivity index (χ0) is 18.9. The van der Waals surface area contributed by atoms with Crippen LogP contribution in [0.15, 0.2) is 9.66 Å². The van der Waals surface area contributed by atoms with Gasteiger partial charge in [-0.05, 0) is 22.6 Å². The first-order valence-electron chi connectivity index (χ1n) is 7.15. The Morgan fingerprint density at radius 1 is 1.44 bits per heavy atom. The Morgan fingerprint density at radius 2 is 2.08 bits per heavy atom. The van der Waals surface area contributed by atoms with Gasteiger partial charge in [0, 0.05) is 3.58 Å². The van der Waals surface area contributed by atoms with Gasteiger partial charge in [-0.3, -0.25) is 14.2 Å². The third kappa shape index (κ3) is 4.98. The van der Waals surface area contributed by atoms with Crippen molar-refractivity contribution in [3.63, 3.8) is 0 Å². The number of carbonyl (C=O) groups is 2. The van der Waals surface area contributed by atoms with Crippen LogP contribution in [0.1, 0.15) is 0 Å². The summed E-state index contributed by atoms with van der Waals surface area (Å²) < 4.78 is 22.2. The van der Waals surface area contributed by atoms with Crippen LogP contribution >= 0.6 is 30.2 Å². The van der Waals surface area contributed by atoms with Crippen molar-refractivity contribution in [1.29, 1.82) is 0 Å². The van der Waals surface area contributed by atoms with E-state index in [2.05, 4.69) is 9.84 Å². The van der Waals surface area contributed by atoms with E-state index in [-0.39, 0.29) is 0 Å². The van der Waals surface area contributed by atoms with Gasteiger partial charge in [0.1, 0.15) is 36.7 Å². The van der Waals surface area contributed by atoms with Gasteiger partial charge in [-0.25, -0.2) is 0 Å². The second-order valence-corrected chi connectivity index (χ2v) is 8.76. The number of hydrogen-bond acceptors (Lipinski definition) is 8. The monoisotopic (exact) mass is 492 g/mol. The Labute approximate surface area is 155 Å². The average molecular weight is 492 g/mol. The number of rotatable bonds is 6. The molecule has 0 bridgehead atoms. The highest BCUT2D eigenvalue weighted by Gasteiger charge is 2.49. The van der Waals surface area contributed by atoms with Gasteiger partial charge in [-0.1, -0.05) is 6.08 Å².